The Balaban J connectivity index is 1.46. The van der Waals surface area contributed by atoms with Crippen LogP contribution in [0.15, 0.2) is 12.3 Å². The first-order valence-electron chi connectivity index (χ1n) is 9.55. The molecule has 2 saturated heterocycles. The van der Waals surface area contributed by atoms with Crippen molar-refractivity contribution >= 4 is 23.3 Å². The summed E-state index contributed by atoms with van der Waals surface area (Å²) in [6.45, 7) is 14.0. The summed E-state index contributed by atoms with van der Waals surface area (Å²) in [6, 6.07) is 2.51. The fourth-order valence-corrected chi connectivity index (χ4v) is 4.00. The molecule has 3 rings (SSSR count). The van der Waals surface area contributed by atoms with E-state index in [9.17, 15) is 4.79 Å². The minimum absolute atomic E-state index is 0.258. The highest BCUT2D eigenvalue weighted by Crippen LogP contribution is 2.24. The van der Waals surface area contributed by atoms with Crippen LogP contribution in [0.25, 0.3) is 0 Å². The summed E-state index contributed by atoms with van der Waals surface area (Å²) in [5, 5.41) is 0.706. The van der Waals surface area contributed by atoms with Crippen molar-refractivity contribution in [3.05, 3.63) is 22.8 Å². The van der Waals surface area contributed by atoms with E-state index >= 15 is 0 Å². The molecule has 2 aliphatic heterocycles. The molecule has 0 spiro atoms. The predicted octanol–water partition coefficient (Wildman–Crippen LogP) is 1.72. The Labute approximate surface area is 161 Å². The number of rotatable bonds is 4. The first-order chi connectivity index (χ1) is 12.4. The van der Waals surface area contributed by atoms with Crippen LogP contribution in [0, 0.1) is 6.92 Å². The molecule has 2 fully saturated rings. The van der Waals surface area contributed by atoms with Gasteiger partial charge in [-0.2, -0.15) is 0 Å². The van der Waals surface area contributed by atoms with Crippen LogP contribution in [-0.2, 0) is 4.79 Å². The highest BCUT2D eigenvalue weighted by molar-refractivity contribution is 6.33. The zero-order chi connectivity index (χ0) is 18.7. The van der Waals surface area contributed by atoms with Crippen molar-refractivity contribution in [1.29, 1.82) is 0 Å². The van der Waals surface area contributed by atoms with E-state index in [2.05, 4.69) is 33.5 Å². The molecule has 1 aromatic heterocycles. The van der Waals surface area contributed by atoms with Gasteiger partial charge in [0.25, 0.3) is 0 Å². The highest BCUT2D eigenvalue weighted by atomic mass is 35.5. The van der Waals surface area contributed by atoms with E-state index in [0.29, 0.717) is 17.6 Å². The van der Waals surface area contributed by atoms with Crippen LogP contribution < -0.4 is 4.90 Å². The normalized spacial score (nSPS) is 20.0. The number of piperazine rings is 2. The number of carbonyl (C=O) groups excluding carboxylic acids is 1. The van der Waals surface area contributed by atoms with Crippen LogP contribution in [-0.4, -0.2) is 90.5 Å². The Morgan fingerprint density at radius 2 is 1.77 bits per heavy atom. The van der Waals surface area contributed by atoms with Crippen LogP contribution in [0.3, 0.4) is 0 Å². The molecule has 0 saturated carbocycles. The van der Waals surface area contributed by atoms with Crippen molar-refractivity contribution in [2.45, 2.75) is 26.8 Å². The van der Waals surface area contributed by atoms with Gasteiger partial charge in [-0.25, -0.2) is 4.98 Å². The number of aromatic nitrogens is 1. The summed E-state index contributed by atoms with van der Waals surface area (Å²) in [4.78, 5) is 26.0. The van der Waals surface area contributed by atoms with Crippen LogP contribution in [0.4, 0.5) is 5.82 Å². The molecular weight excluding hydrogens is 350 g/mol. The lowest BCUT2D eigenvalue weighted by atomic mass is 10.2. The second kappa shape index (κ2) is 8.55. The van der Waals surface area contributed by atoms with Gasteiger partial charge >= 0.3 is 0 Å². The number of amides is 1. The Hall–Kier alpha value is -1.37. The predicted molar refractivity (Wildman–Crippen MR) is 106 cm³/mol. The monoisotopic (exact) mass is 379 g/mol. The number of anilines is 1. The van der Waals surface area contributed by atoms with Gasteiger partial charge in [-0.3, -0.25) is 14.6 Å². The van der Waals surface area contributed by atoms with Gasteiger partial charge in [0.1, 0.15) is 5.82 Å². The Morgan fingerprint density at radius 3 is 2.35 bits per heavy atom. The third kappa shape index (κ3) is 4.67. The molecule has 3 heterocycles. The molecule has 144 valence electrons. The lowest BCUT2D eigenvalue weighted by Crippen LogP contribution is -2.54. The molecule has 26 heavy (non-hydrogen) atoms. The van der Waals surface area contributed by atoms with Crippen LogP contribution in [0.5, 0.6) is 0 Å². The Morgan fingerprint density at radius 1 is 1.12 bits per heavy atom. The van der Waals surface area contributed by atoms with E-state index < -0.39 is 0 Å². The molecule has 2 aliphatic rings. The molecule has 0 aromatic carbocycles. The van der Waals surface area contributed by atoms with E-state index in [1.807, 2.05) is 24.1 Å². The maximum atomic E-state index is 12.6. The number of nitrogens with zero attached hydrogens (tertiary/aromatic N) is 5. The van der Waals surface area contributed by atoms with Crippen LogP contribution in [0.2, 0.25) is 5.02 Å². The minimum Gasteiger partial charge on any atom is -0.353 e. The maximum Gasteiger partial charge on any atom is 0.236 e. The second-order valence-corrected chi connectivity index (χ2v) is 8.00. The average Bonchev–Trinajstić information content (AvgIpc) is 2.63. The molecule has 0 radical (unpaired) electrons. The summed E-state index contributed by atoms with van der Waals surface area (Å²) in [5.41, 5.74) is 1.07. The first kappa shape index (κ1) is 19.4. The van der Waals surface area contributed by atoms with E-state index in [4.69, 9.17) is 11.6 Å². The fourth-order valence-electron chi connectivity index (χ4n) is 3.66. The summed E-state index contributed by atoms with van der Waals surface area (Å²) in [6.07, 6.45) is 1.86. The largest absolute Gasteiger partial charge is 0.353 e. The average molecular weight is 380 g/mol. The van der Waals surface area contributed by atoms with Crippen molar-refractivity contribution in [2.75, 3.05) is 63.8 Å². The molecule has 6 nitrogen and oxygen atoms in total. The Kier molecular flexibility index (Phi) is 6.37. The van der Waals surface area contributed by atoms with E-state index in [1.54, 1.807) is 0 Å². The zero-order valence-corrected chi connectivity index (χ0v) is 16.9. The van der Waals surface area contributed by atoms with Gasteiger partial charge in [-0.1, -0.05) is 11.6 Å². The standard InChI is InChI=1S/C19H30ClN5O/c1-15(2)23-8-10-24(11-9-23)18(26)14-22-4-6-25(7-5-22)19-17(20)12-16(3)13-21-19/h12-13,15H,4-11,14H2,1-3H3. The summed E-state index contributed by atoms with van der Waals surface area (Å²) in [5.74, 6) is 1.11. The van der Waals surface area contributed by atoms with E-state index in [-0.39, 0.29) is 5.91 Å². The topological polar surface area (TPSA) is 42.9 Å². The molecular formula is C19H30ClN5O. The van der Waals surface area contributed by atoms with Gasteiger partial charge in [0.2, 0.25) is 5.91 Å². The van der Waals surface area contributed by atoms with E-state index in [0.717, 1.165) is 63.7 Å². The second-order valence-electron chi connectivity index (χ2n) is 7.59. The fraction of sp³-hybridized carbons (Fsp3) is 0.684. The van der Waals surface area contributed by atoms with Crippen molar-refractivity contribution in [3.8, 4) is 0 Å². The van der Waals surface area contributed by atoms with Crippen molar-refractivity contribution in [2.24, 2.45) is 0 Å². The molecule has 1 amide bonds. The third-order valence-corrected chi connectivity index (χ3v) is 5.66. The molecule has 0 atom stereocenters. The minimum atomic E-state index is 0.258. The highest BCUT2D eigenvalue weighted by Gasteiger charge is 2.26. The molecule has 0 unspecified atom stereocenters. The number of hydrogen-bond donors (Lipinski definition) is 0. The van der Waals surface area contributed by atoms with Crippen LogP contribution in [0.1, 0.15) is 19.4 Å². The van der Waals surface area contributed by atoms with Gasteiger partial charge in [-0.05, 0) is 32.4 Å². The molecule has 0 N–H and O–H groups in total. The third-order valence-electron chi connectivity index (χ3n) is 5.39. The lowest BCUT2D eigenvalue weighted by Gasteiger charge is -2.39. The number of carbonyl (C=O) groups is 1. The SMILES string of the molecule is Cc1cnc(N2CCN(CC(=O)N3CCN(C(C)C)CC3)CC2)c(Cl)c1. The summed E-state index contributed by atoms with van der Waals surface area (Å²) < 4.78 is 0. The quantitative estimate of drug-likeness (QED) is 0.796. The van der Waals surface area contributed by atoms with Crippen molar-refractivity contribution in [3.63, 3.8) is 0 Å². The molecule has 0 aliphatic carbocycles. The number of hydrogen-bond acceptors (Lipinski definition) is 5. The van der Waals surface area contributed by atoms with Crippen molar-refractivity contribution < 1.29 is 4.79 Å². The zero-order valence-electron chi connectivity index (χ0n) is 16.1. The summed E-state index contributed by atoms with van der Waals surface area (Å²) >= 11 is 6.34. The number of halogens is 1. The number of aryl methyl sites for hydroxylation is 1. The van der Waals surface area contributed by atoms with E-state index in [1.165, 1.54) is 0 Å². The summed E-state index contributed by atoms with van der Waals surface area (Å²) in [7, 11) is 0. The smallest absolute Gasteiger partial charge is 0.236 e. The van der Waals surface area contributed by atoms with Crippen LogP contribution >= 0.6 is 11.6 Å². The molecule has 0 bridgehead atoms. The lowest BCUT2D eigenvalue weighted by molar-refractivity contribution is -0.134. The van der Waals surface area contributed by atoms with Gasteiger partial charge in [0.05, 0.1) is 11.6 Å². The van der Waals surface area contributed by atoms with Gasteiger partial charge < -0.3 is 9.80 Å². The van der Waals surface area contributed by atoms with Gasteiger partial charge in [-0.15, -0.1) is 0 Å². The Bertz CT molecular complexity index is 622. The van der Waals surface area contributed by atoms with Crippen molar-refractivity contribution in [1.82, 2.24) is 19.7 Å². The molecule has 1 aromatic rings. The van der Waals surface area contributed by atoms with Gasteiger partial charge in [0.15, 0.2) is 0 Å². The molecule has 7 heteroatoms. The van der Waals surface area contributed by atoms with Gasteiger partial charge in [0, 0.05) is 64.6 Å². The number of pyridine rings is 1. The maximum absolute atomic E-state index is 12.6. The first-order valence-corrected chi connectivity index (χ1v) is 9.93.